The van der Waals surface area contributed by atoms with Gasteiger partial charge in [0.15, 0.2) is 0 Å². The zero-order chi connectivity index (χ0) is 15.2. The fourth-order valence-corrected chi connectivity index (χ4v) is 2.75. The first-order valence-electron chi connectivity index (χ1n) is 7.96. The molecule has 0 bridgehead atoms. The molecule has 4 nitrogen and oxygen atoms in total. The van der Waals surface area contributed by atoms with Crippen LogP contribution in [0.5, 0.6) is 0 Å². The van der Waals surface area contributed by atoms with Gasteiger partial charge in [-0.15, -0.1) is 5.10 Å². The van der Waals surface area contributed by atoms with Gasteiger partial charge in [0.25, 0.3) is 0 Å². The number of nitrogens with one attached hydrogen (secondary N) is 1. The van der Waals surface area contributed by atoms with Gasteiger partial charge in [-0.3, -0.25) is 0 Å². The summed E-state index contributed by atoms with van der Waals surface area (Å²) in [6, 6.07) is 8.93. The van der Waals surface area contributed by atoms with Gasteiger partial charge < -0.3 is 5.32 Å². The van der Waals surface area contributed by atoms with E-state index in [1.54, 1.807) is 0 Å². The minimum absolute atomic E-state index is 0.271. The van der Waals surface area contributed by atoms with Crippen LogP contribution in [-0.4, -0.2) is 22.0 Å². The van der Waals surface area contributed by atoms with Crippen molar-refractivity contribution in [1.29, 1.82) is 0 Å². The van der Waals surface area contributed by atoms with Crippen LogP contribution in [0.2, 0.25) is 0 Å². The predicted molar refractivity (Wildman–Crippen MR) is 86.8 cm³/mol. The van der Waals surface area contributed by atoms with Gasteiger partial charge >= 0.3 is 0 Å². The maximum Gasteiger partial charge on any atom is 0.103 e. The highest BCUT2D eigenvalue weighted by molar-refractivity contribution is 5.36. The van der Waals surface area contributed by atoms with E-state index in [4.69, 9.17) is 0 Å². The number of aromatic nitrogens is 3. The van der Waals surface area contributed by atoms with Gasteiger partial charge in [-0.05, 0) is 44.0 Å². The third kappa shape index (κ3) is 3.32. The molecule has 4 heteroatoms. The van der Waals surface area contributed by atoms with Crippen LogP contribution in [0.4, 0.5) is 0 Å². The maximum absolute atomic E-state index is 4.41. The lowest BCUT2D eigenvalue weighted by atomic mass is 10.1. The van der Waals surface area contributed by atoms with Gasteiger partial charge in [0, 0.05) is 0 Å². The molecule has 1 N–H and O–H groups in total. The molecule has 21 heavy (non-hydrogen) atoms. The van der Waals surface area contributed by atoms with E-state index < -0.39 is 0 Å². The lowest BCUT2D eigenvalue weighted by Gasteiger charge is -2.13. The average Bonchev–Trinajstić information content (AvgIpc) is 2.93. The minimum Gasteiger partial charge on any atom is -0.312 e. The van der Waals surface area contributed by atoms with Gasteiger partial charge in [0.2, 0.25) is 0 Å². The molecule has 0 radical (unpaired) electrons. The second-order valence-corrected chi connectivity index (χ2v) is 5.35. The molecule has 0 fully saturated rings. The van der Waals surface area contributed by atoms with Crippen LogP contribution in [0, 0.1) is 0 Å². The van der Waals surface area contributed by atoms with Gasteiger partial charge in [0.1, 0.15) is 5.69 Å². The second-order valence-electron chi connectivity index (χ2n) is 5.35. The van der Waals surface area contributed by atoms with Crippen LogP contribution in [0.25, 0.3) is 5.69 Å². The quantitative estimate of drug-likeness (QED) is 0.847. The number of benzene rings is 1. The largest absolute Gasteiger partial charge is 0.312 e. The zero-order valence-electron chi connectivity index (χ0n) is 13.6. The van der Waals surface area contributed by atoms with Crippen molar-refractivity contribution in [3.8, 4) is 5.69 Å². The molecule has 1 aromatic heterocycles. The molecule has 0 aliphatic heterocycles. The SMILES string of the molecule is CCCc1ccc(-n2nnc(C(CC)NC)c2CC)cc1. The van der Waals surface area contributed by atoms with E-state index in [-0.39, 0.29) is 6.04 Å². The van der Waals surface area contributed by atoms with Gasteiger partial charge in [-0.2, -0.15) is 0 Å². The van der Waals surface area contributed by atoms with E-state index in [0.29, 0.717) is 0 Å². The highest BCUT2D eigenvalue weighted by Gasteiger charge is 2.18. The van der Waals surface area contributed by atoms with Crippen LogP contribution in [0.15, 0.2) is 24.3 Å². The molecule has 1 aromatic carbocycles. The molecule has 2 aromatic rings. The zero-order valence-corrected chi connectivity index (χ0v) is 13.6. The standard InChI is InChI=1S/C17H26N4/c1-5-8-13-9-11-14(12-10-13)21-16(7-3)17(19-20-21)15(6-2)18-4/h9-12,15,18H,5-8H2,1-4H3. The van der Waals surface area contributed by atoms with Crippen LogP contribution >= 0.6 is 0 Å². The molecule has 0 aliphatic carbocycles. The Morgan fingerprint density at radius 2 is 1.86 bits per heavy atom. The molecule has 0 spiro atoms. The first kappa shape index (κ1) is 15.7. The summed E-state index contributed by atoms with van der Waals surface area (Å²) in [6.07, 6.45) is 4.24. The van der Waals surface area contributed by atoms with Crippen LogP contribution < -0.4 is 5.32 Å². The number of hydrogen-bond acceptors (Lipinski definition) is 3. The van der Waals surface area contributed by atoms with Crippen molar-refractivity contribution in [2.24, 2.45) is 0 Å². The number of aryl methyl sites for hydroxylation is 1. The van der Waals surface area contributed by atoms with Crippen LogP contribution in [0.1, 0.15) is 56.6 Å². The van der Waals surface area contributed by atoms with Crippen molar-refractivity contribution in [3.05, 3.63) is 41.2 Å². The molecule has 0 saturated heterocycles. The average molecular weight is 286 g/mol. The number of nitrogens with zero attached hydrogens (tertiary/aromatic N) is 3. The third-order valence-corrected chi connectivity index (χ3v) is 3.93. The van der Waals surface area contributed by atoms with E-state index in [0.717, 1.165) is 30.6 Å². The monoisotopic (exact) mass is 286 g/mol. The summed E-state index contributed by atoms with van der Waals surface area (Å²) in [5.41, 5.74) is 4.73. The Hall–Kier alpha value is -1.68. The molecule has 0 amide bonds. The third-order valence-electron chi connectivity index (χ3n) is 3.93. The summed E-state index contributed by atoms with van der Waals surface area (Å²) in [4.78, 5) is 0. The topological polar surface area (TPSA) is 42.7 Å². The molecule has 114 valence electrons. The van der Waals surface area contributed by atoms with Crippen molar-refractivity contribution in [2.45, 2.75) is 52.5 Å². The summed E-state index contributed by atoms with van der Waals surface area (Å²) in [7, 11) is 1.98. The van der Waals surface area contributed by atoms with E-state index in [1.807, 2.05) is 11.7 Å². The highest BCUT2D eigenvalue weighted by atomic mass is 15.4. The van der Waals surface area contributed by atoms with E-state index in [1.165, 1.54) is 17.7 Å². The summed E-state index contributed by atoms with van der Waals surface area (Å²) in [5.74, 6) is 0. The van der Waals surface area contributed by atoms with Crippen molar-refractivity contribution in [1.82, 2.24) is 20.3 Å². The summed E-state index contributed by atoms with van der Waals surface area (Å²) in [6.45, 7) is 6.53. The maximum atomic E-state index is 4.41. The molecule has 0 aliphatic rings. The predicted octanol–water partition coefficient (Wildman–Crippen LogP) is 3.45. The Labute approximate surface area is 127 Å². The van der Waals surface area contributed by atoms with Crippen LogP contribution in [0.3, 0.4) is 0 Å². The Kier molecular flexibility index (Phi) is 5.51. The van der Waals surface area contributed by atoms with Gasteiger partial charge in [-0.25, -0.2) is 4.68 Å². The lowest BCUT2D eigenvalue weighted by molar-refractivity contribution is 0.555. The van der Waals surface area contributed by atoms with Crippen molar-refractivity contribution in [2.75, 3.05) is 7.05 Å². The number of rotatable bonds is 7. The smallest absolute Gasteiger partial charge is 0.103 e. The molecule has 0 saturated carbocycles. The van der Waals surface area contributed by atoms with Gasteiger partial charge in [-0.1, -0.05) is 44.5 Å². The lowest BCUT2D eigenvalue weighted by Crippen LogP contribution is -2.17. The van der Waals surface area contributed by atoms with Gasteiger partial charge in [0.05, 0.1) is 17.4 Å². The Balaban J connectivity index is 2.35. The summed E-state index contributed by atoms with van der Waals surface area (Å²) in [5, 5.41) is 12.1. The Bertz CT molecular complexity index is 553. The molecule has 1 heterocycles. The Morgan fingerprint density at radius 3 is 2.38 bits per heavy atom. The first-order chi connectivity index (χ1) is 10.2. The highest BCUT2D eigenvalue weighted by Crippen LogP contribution is 2.21. The summed E-state index contributed by atoms with van der Waals surface area (Å²) >= 11 is 0. The molecular weight excluding hydrogens is 260 g/mol. The molecule has 2 rings (SSSR count). The van der Waals surface area contributed by atoms with E-state index in [9.17, 15) is 0 Å². The fourth-order valence-electron chi connectivity index (χ4n) is 2.75. The molecular formula is C17H26N4. The molecule has 1 unspecified atom stereocenters. The number of hydrogen-bond donors (Lipinski definition) is 1. The normalized spacial score (nSPS) is 12.6. The second kappa shape index (κ2) is 7.36. The molecule has 1 atom stereocenters. The fraction of sp³-hybridized carbons (Fsp3) is 0.529. The Morgan fingerprint density at radius 1 is 1.14 bits per heavy atom. The van der Waals surface area contributed by atoms with Crippen molar-refractivity contribution in [3.63, 3.8) is 0 Å². The minimum atomic E-state index is 0.271. The van der Waals surface area contributed by atoms with E-state index in [2.05, 4.69) is 60.7 Å². The van der Waals surface area contributed by atoms with Crippen molar-refractivity contribution < 1.29 is 0 Å². The first-order valence-corrected chi connectivity index (χ1v) is 7.96. The summed E-state index contributed by atoms with van der Waals surface area (Å²) < 4.78 is 1.98. The van der Waals surface area contributed by atoms with Crippen molar-refractivity contribution >= 4 is 0 Å². The van der Waals surface area contributed by atoms with E-state index >= 15 is 0 Å². The van der Waals surface area contributed by atoms with Crippen LogP contribution in [-0.2, 0) is 12.8 Å².